The molecule has 2 aromatic rings. The molecule has 3 N–H and O–H groups in total. The Kier molecular flexibility index (Phi) is 14.2. The predicted molar refractivity (Wildman–Crippen MR) is 107 cm³/mol. The number of nitrogens with two attached hydrogens (primary N) is 1. The molecule has 0 saturated heterocycles. The van der Waals surface area contributed by atoms with Crippen molar-refractivity contribution in [1.29, 1.82) is 0 Å². The van der Waals surface area contributed by atoms with Crippen LogP contribution in [-0.2, 0) is 34.1 Å². The monoisotopic (exact) mass is 444 g/mol. The molecule has 0 amide bonds. The zero-order valence-electron chi connectivity index (χ0n) is 13.6. The summed E-state index contributed by atoms with van der Waals surface area (Å²) in [6, 6.07) is 7.13. The molecule has 2 heterocycles. The molecular weight excluding hydrogens is 427 g/mol. The largest absolute Gasteiger partial charge is 0.326 e. The van der Waals surface area contributed by atoms with Gasteiger partial charge >= 0.3 is 0 Å². The fourth-order valence-electron chi connectivity index (χ4n) is 1.22. The molecule has 2 rings (SSSR count). The van der Waals surface area contributed by atoms with E-state index in [2.05, 4.69) is 14.7 Å². The highest BCUT2D eigenvalue weighted by Crippen LogP contribution is 2.04. The van der Waals surface area contributed by atoms with Gasteiger partial charge < -0.3 is 5.73 Å². The second kappa shape index (κ2) is 14.5. The van der Waals surface area contributed by atoms with Crippen LogP contribution in [0.1, 0.15) is 11.1 Å². The van der Waals surface area contributed by atoms with Crippen LogP contribution in [0.25, 0.3) is 0 Å². The van der Waals surface area contributed by atoms with Crippen molar-refractivity contribution in [1.82, 2.24) is 14.7 Å². The van der Waals surface area contributed by atoms with E-state index >= 15 is 0 Å². The number of aromatic nitrogens is 2. The summed E-state index contributed by atoms with van der Waals surface area (Å²) in [7, 11) is 2.63. The molecule has 0 spiro atoms. The molecule has 0 fully saturated rings. The summed E-state index contributed by atoms with van der Waals surface area (Å²) in [5, 5.41) is 0.976. The lowest BCUT2D eigenvalue weighted by Crippen LogP contribution is -2.14. The Morgan fingerprint density at radius 1 is 1.00 bits per heavy atom. The lowest BCUT2D eigenvalue weighted by molar-refractivity contribution is 0.676. The van der Waals surface area contributed by atoms with Gasteiger partial charge in [0.1, 0.15) is 20.3 Å². The van der Waals surface area contributed by atoms with Crippen molar-refractivity contribution in [3.05, 3.63) is 58.1 Å². The maximum atomic E-state index is 10.6. The molecule has 0 aliphatic carbocycles. The first-order valence-electron chi connectivity index (χ1n) is 6.72. The van der Waals surface area contributed by atoms with Crippen molar-refractivity contribution >= 4 is 54.9 Å². The summed E-state index contributed by atoms with van der Waals surface area (Å²) in [6.07, 6.45) is 6.31. The zero-order chi connectivity index (χ0) is 19.2. The van der Waals surface area contributed by atoms with Gasteiger partial charge in [0.05, 0.1) is 11.0 Å². The zero-order valence-corrected chi connectivity index (χ0v) is 17.5. The van der Waals surface area contributed by atoms with Crippen molar-refractivity contribution in [2.75, 3.05) is 12.5 Å². The average molecular weight is 446 g/mol. The van der Waals surface area contributed by atoms with Gasteiger partial charge in [0.2, 0.25) is 0 Å². The van der Waals surface area contributed by atoms with Crippen LogP contribution >= 0.6 is 33.9 Å². The standard InChI is InChI=1S/C7H9ClN2OS.C6H7ClN2.CH3ClOS/c1-12(11)10-5-6-2-3-7(8)9-4-6;7-6-2-1-5(3-8)4-9-6;1-4(2)3/h2-4,10H,5H2,1H3;1-2,4H,3,8H2;1H3. The SMILES string of the molecule is CS(=O)Cl.CS(=O)NCc1ccc(Cl)nc1.NCc1ccc(Cl)nc1. The van der Waals surface area contributed by atoms with Crippen LogP contribution in [0.4, 0.5) is 0 Å². The number of halogens is 3. The molecule has 0 aliphatic heterocycles. The molecule has 0 aromatic carbocycles. The van der Waals surface area contributed by atoms with E-state index in [1.807, 2.05) is 12.1 Å². The van der Waals surface area contributed by atoms with Gasteiger partial charge in [0.15, 0.2) is 0 Å². The van der Waals surface area contributed by atoms with Crippen molar-refractivity contribution in [3.8, 4) is 0 Å². The Hall–Kier alpha value is -0.610. The highest BCUT2D eigenvalue weighted by Gasteiger charge is 1.94. The smallest absolute Gasteiger partial charge is 0.129 e. The number of nitrogens with one attached hydrogen (secondary N) is 1. The Morgan fingerprint density at radius 2 is 1.44 bits per heavy atom. The summed E-state index contributed by atoms with van der Waals surface area (Å²) < 4.78 is 22.7. The molecule has 140 valence electrons. The molecule has 0 saturated carbocycles. The van der Waals surface area contributed by atoms with Gasteiger partial charge in [-0.25, -0.2) is 23.1 Å². The third-order valence-electron chi connectivity index (χ3n) is 2.29. The van der Waals surface area contributed by atoms with E-state index in [0.29, 0.717) is 23.4 Å². The number of rotatable bonds is 4. The van der Waals surface area contributed by atoms with Crippen LogP contribution in [0.15, 0.2) is 36.7 Å². The van der Waals surface area contributed by atoms with E-state index in [-0.39, 0.29) is 0 Å². The van der Waals surface area contributed by atoms with E-state index < -0.39 is 21.0 Å². The molecule has 6 nitrogen and oxygen atoms in total. The van der Waals surface area contributed by atoms with Crippen LogP contribution in [0.3, 0.4) is 0 Å². The Balaban J connectivity index is 0.000000391. The topological polar surface area (TPSA) is 98.0 Å². The minimum absolute atomic E-state index is 0.469. The van der Waals surface area contributed by atoms with Gasteiger partial charge in [0, 0.05) is 38.0 Å². The van der Waals surface area contributed by atoms with E-state index in [1.165, 1.54) is 6.26 Å². The van der Waals surface area contributed by atoms with E-state index in [0.717, 1.165) is 11.1 Å². The normalized spacial score (nSPS) is 12.1. The number of hydrogen-bond donors (Lipinski definition) is 2. The summed E-state index contributed by atoms with van der Waals surface area (Å²) in [6.45, 7) is 1.07. The lowest BCUT2D eigenvalue weighted by atomic mass is 10.3. The van der Waals surface area contributed by atoms with Gasteiger partial charge in [-0.15, -0.1) is 0 Å². The first-order valence-corrected chi connectivity index (χ1v) is 11.4. The maximum Gasteiger partial charge on any atom is 0.129 e. The summed E-state index contributed by atoms with van der Waals surface area (Å²) in [5.74, 6) is 0. The van der Waals surface area contributed by atoms with Gasteiger partial charge in [0.25, 0.3) is 0 Å². The van der Waals surface area contributed by atoms with Crippen LogP contribution in [0.5, 0.6) is 0 Å². The van der Waals surface area contributed by atoms with E-state index in [4.69, 9.17) is 39.6 Å². The second-order valence-electron chi connectivity index (χ2n) is 4.34. The van der Waals surface area contributed by atoms with Crippen LogP contribution in [-0.4, -0.2) is 30.9 Å². The van der Waals surface area contributed by atoms with Crippen molar-refractivity contribution in [2.45, 2.75) is 13.1 Å². The molecule has 2 unspecified atom stereocenters. The summed E-state index contributed by atoms with van der Waals surface area (Å²) >= 11 is 11.1. The number of hydrogen-bond acceptors (Lipinski definition) is 5. The minimum atomic E-state index is -1.14. The summed E-state index contributed by atoms with van der Waals surface area (Å²) in [4.78, 5) is 7.72. The molecule has 11 heteroatoms. The fraction of sp³-hybridized carbons (Fsp3) is 0.286. The molecular formula is C14H19Cl3N4O2S2. The second-order valence-corrected chi connectivity index (χ2v) is 8.38. The van der Waals surface area contributed by atoms with Crippen LogP contribution in [0, 0.1) is 0 Å². The molecule has 25 heavy (non-hydrogen) atoms. The Morgan fingerprint density at radius 3 is 1.76 bits per heavy atom. The van der Waals surface area contributed by atoms with Crippen molar-refractivity contribution < 1.29 is 8.42 Å². The average Bonchev–Trinajstić information content (AvgIpc) is 2.55. The summed E-state index contributed by atoms with van der Waals surface area (Å²) in [5.41, 5.74) is 7.28. The highest BCUT2D eigenvalue weighted by molar-refractivity contribution is 8.07. The molecule has 2 aromatic heterocycles. The number of pyridine rings is 2. The third kappa shape index (κ3) is 15.4. The molecule has 0 radical (unpaired) electrons. The minimum Gasteiger partial charge on any atom is -0.326 e. The van der Waals surface area contributed by atoms with E-state index in [9.17, 15) is 8.42 Å². The van der Waals surface area contributed by atoms with Gasteiger partial charge in [-0.1, -0.05) is 35.3 Å². The lowest BCUT2D eigenvalue weighted by Gasteiger charge is -1.99. The quantitative estimate of drug-likeness (QED) is 0.557. The number of nitrogens with zero attached hydrogens (tertiary/aromatic N) is 2. The van der Waals surface area contributed by atoms with Gasteiger partial charge in [-0.05, 0) is 33.9 Å². The van der Waals surface area contributed by atoms with Crippen LogP contribution in [0.2, 0.25) is 10.3 Å². The molecule has 0 bridgehead atoms. The highest BCUT2D eigenvalue weighted by atomic mass is 35.7. The van der Waals surface area contributed by atoms with Crippen LogP contribution < -0.4 is 10.5 Å². The first kappa shape index (κ1) is 24.4. The third-order valence-corrected chi connectivity index (χ3v) is 3.29. The van der Waals surface area contributed by atoms with E-state index in [1.54, 1.807) is 30.8 Å². The van der Waals surface area contributed by atoms with Crippen molar-refractivity contribution in [2.24, 2.45) is 5.73 Å². The predicted octanol–water partition coefficient (Wildman–Crippen LogP) is 2.83. The van der Waals surface area contributed by atoms with Gasteiger partial charge in [-0.2, -0.15) is 0 Å². The Labute approximate surface area is 167 Å². The van der Waals surface area contributed by atoms with Gasteiger partial charge in [-0.3, -0.25) is 0 Å². The Bertz CT molecular complexity index is 654. The maximum absolute atomic E-state index is 10.6. The molecule has 0 aliphatic rings. The first-order chi connectivity index (χ1) is 11.7. The molecule has 2 atom stereocenters. The van der Waals surface area contributed by atoms with Crippen molar-refractivity contribution in [3.63, 3.8) is 0 Å². The fourth-order valence-corrected chi connectivity index (χ4v) is 1.82.